The predicted octanol–water partition coefficient (Wildman–Crippen LogP) is 2.03. The highest BCUT2D eigenvalue weighted by atomic mass is 19.1. The van der Waals surface area contributed by atoms with E-state index in [1.165, 1.54) is 18.2 Å². The zero-order valence-corrected chi connectivity index (χ0v) is 8.50. The number of carbonyl (C=O) groups is 1. The lowest BCUT2D eigenvalue weighted by molar-refractivity contribution is -0.143. The van der Waals surface area contributed by atoms with Gasteiger partial charge in [-0.05, 0) is 37.1 Å². The van der Waals surface area contributed by atoms with Crippen LogP contribution in [0.4, 0.5) is 4.39 Å². The molecule has 0 spiro atoms. The van der Waals surface area contributed by atoms with Gasteiger partial charge in [-0.3, -0.25) is 4.79 Å². The topological polar surface area (TPSA) is 46.5 Å². The molecule has 0 heterocycles. The Balaban J connectivity index is 2.57. The molecule has 0 aliphatic heterocycles. The summed E-state index contributed by atoms with van der Waals surface area (Å²) in [6, 6.07) is 3.66. The molecule has 3 nitrogen and oxygen atoms in total. The largest absolute Gasteiger partial charge is 0.508 e. The zero-order chi connectivity index (χ0) is 11.3. The van der Waals surface area contributed by atoms with Crippen molar-refractivity contribution in [1.29, 1.82) is 0 Å². The van der Waals surface area contributed by atoms with Crippen LogP contribution in [0.25, 0.3) is 0 Å². The molecule has 4 heteroatoms. The van der Waals surface area contributed by atoms with Crippen LogP contribution in [0, 0.1) is 5.82 Å². The number of aryl methyl sites for hydroxylation is 1. The fraction of sp³-hybridized carbons (Fsp3) is 0.364. The van der Waals surface area contributed by atoms with Gasteiger partial charge in [0, 0.05) is 6.42 Å². The molecule has 1 N–H and O–H groups in total. The second kappa shape index (κ2) is 5.34. The van der Waals surface area contributed by atoms with Crippen LogP contribution in [0.3, 0.4) is 0 Å². The number of esters is 1. The molecule has 1 aromatic carbocycles. The van der Waals surface area contributed by atoms with Crippen molar-refractivity contribution in [2.24, 2.45) is 0 Å². The molecule has 0 bridgehead atoms. The average Bonchev–Trinajstić information content (AvgIpc) is 2.20. The highest BCUT2D eigenvalue weighted by Gasteiger charge is 2.07. The highest BCUT2D eigenvalue weighted by Crippen LogP contribution is 2.19. The summed E-state index contributed by atoms with van der Waals surface area (Å²) in [6.45, 7) is 2.05. The maximum atomic E-state index is 12.8. The highest BCUT2D eigenvalue weighted by molar-refractivity contribution is 5.69. The first-order chi connectivity index (χ1) is 7.13. The number of aromatic hydroxyl groups is 1. The summed E-state index contributed by atoms with van der Waals surface area (Å²) >= 11 is 0. The van der Waals surface area contributed by atoms with Crippen LogP contribution in [0.5, 0.6) is 5.75 Å². The molecule has 0 aliphatic carbocycles. The molecule has 0 aromatic heterocycles. The first-order valence-corrected chi connectivity index (χ1v) is 4.76. The zero-order valence-electron chi connectivity index (χ0n) is 8.50. The number of ether oxygens (including phenoxy) is 1. The van der Waals surface area contributed by atoms with Crippen molar-refractivity contribution in [1.82, 2.24) is 0 Å². The van der Waals surface area contributed by atoms with Crippen LogP contribution in [0.15, 0.2) is 18.2 Å². The molecule has 0 radical (unpaired) electrons. The van der Waals surface area contributed by atoms with E-state index in [1.54, 1.807) is 6.92 Å². The Labute approximate surface area is 87.5 Å². The van der Waals surface area contributed by atoms with Gasteiger partial charge in [0.2, 0.25) is 0 Å². The first-order valence-electron chi connectivity index (χ1n) is 4.76. The number of benzene rings is 1. The van der Waals surface area contributed by atoms with Gasteiger partial charge >= 0.3 is 5.97 Å². The van der Waals surface area contributed by atoms with Gasteiger partial charge in [0.05, 0.1) is 6.61 Å². The minimum atomic E-state index is -0.424. The summed E-state index contributed by atoms with van der Waals surface area (Å²) in [7, 11) is 0. The Kier molecular flexibility index (Phi) is 4.09. The lowest BCUT2D eigenvalue weighted by Crippen LogP contribution is -2.05. The van der Waals surface area contributed by atoms with Crippen molar-refractivity contribution >= 4 is 5.97 Å². The fourth-order valence-corrected chi connectivity index (χ4v) is 1.22. The summed E-state index contributed by atoms with van der Waals surface area (Å²) in [6.07, 6.45) is 0.424. The molecule has 0 fully saturated rings. The number of phenolic OH excluding ortho intramolecular Hbond substituents is 1. The number of hydrogen-bond donors (Lipinski definition) is 1. The standard InChI is InChI=1S/C11H13FO3/c1-2-15-11(14)6-3-8-7-9(12)4-5-10(8)13/h4-5,7,13H,2-3,6H2,1H3. The fourth-order valence-electron chi connectivity index (χ4n) is 1.22. The van der Waals surface area contributed by atoms with Crippen LogP contribution in [-0.4, -0.2) is 17.7 Å². The van der Waals surface area contributed by atoms with Crippen LogP contribution >= 0.6 is 0 Å². The lowest BCUT2D eigenvalue weighted by atomic mass is 10.1. The third-order valence-corrected chi connectivity index (χ3v) is 1.95. The molecule has 0 atom stereocenters. The van der Waals surface area contributed by atoms with E-state index in [4.69, 9.17) is 4.74 Å². The van der Waals surface area contributed by atoms with Crippen molar-refractivity contribution in [3.63, 3.8) is 0 Å². The van der Waals surface area contributed by atoms with Crippen LogP contribution < -0.4 is 0 Å². The maximum Gasteiger partial charge on any atom is 0.306 e. The molecule has 0 saturated heterocycles. The SMILES string of the molecule is CCOC(=O)CCc1cc(F)ccc1O. The minimum absolute atomic E-state index is 0.000647. The second-order valence-corrected chi connectivity index (χ2v) is 3.08. The molecule has 82 valence electrons. The summed E-state index contributed by atoms with van der Waals surface area (Å²) < 4.78 is 17.5. The minimum Gasteiger partial charge on any atom is -0.508 e. The predicted molar refractivity (Wildman–Crippen MR) is 53.0 cm³/mol. The Morgan fingerprint density at radius 3 is 2.93 bits per heavy atom. The van der Waals surface area contributed by atoms with Crippen molar-refractivity contribution in [3.05, 3.63) is 29.6 Å². The van der Waals surface area contributed by atoms with Crippen molar-refractivity contribution < 1.29 is 19.0 Å². The van der Waals surface area contributed by atoms with Crippen molar-refractivity contribution in [3.8, 4) is 5.75 Å². The summed E-state index contributed by atoms with van der Waals surface area (Å²) in [4.78, 5) is 11.0. The Morgan fingerprint density at radius 1 is 1.53 bits per heavy atom. The van der Waals surface area contributed by atoms with Gasteiger partial charge in [-0.15, -0.1) is 0 Å². The Morgan fingerprint density at radius 2 is 2.27 bits per heavy atom. The van der Waals surface area contributed by atoms with E-state index in [2.05, 4.69) is 0 Å². The van der Waals surface area contributed by atoms with E-state index in [0.717, 1.165) is 0 Å². The molecule has 0 saturated carbocycles. The van der Waals surface area contributed by atoms with Gasteiger partial charge in [-0.1, -0.05) is 0 Å². The average molecular weight is 212 g/mol. The molecule has 15 heavy (non-hydrogen) atoms. The molecular weight excluding hydrogens is 199 g/mol. The molecule has 0 unspecified atom stereocenters. The smallest absolute Gasteiger partial charge is 0.306 e. The van der Waals surface area contributed by atoms with Gasteiger partial charge in [0.1, 0.15) is 11.6 Å². The number of rotatable bonds is 4. The molecule has 1 aromatic rings. The number of phenols is 1. The van der Waals surface area contributed by atoms with Gasteiger partial charge in [-0.25, -0.2) is 4.39 Å². The molecule has 0 amide bonds. The van der Waals surface area contributed by atoms with E-state index in [1.807, 2.05) is 0 Å². The maximum absolute atomic E-state index is 12.8. The normalized spacial score (nSPS) is 10.0. The van der Waals surface area contributed by atoms with Gasteiger partial charge in [0.25, 0.3) is 0 Å². The third kappa shape index (κ3) is 3.58. The summed E-state index contributed by atoms with van der Waals surface area (Å²) in [5, 5.41) is 9.36. The van der Waals surface area contributed by atoms with E-state index in [-0.39, 0.29) is 24.6 Å². The van der Waals surface area contributed by atoms with Crippen molar-refractivity contribution in [2.45, 2.75) is 19.8 Å². The van der Waals surface area contributed by atoms with E-state index in [0.29, 0.717) is 12.2 Å². The lowest BCUT2D eigenvalue weighted by Gasteiger charge is -2.04. The van der Waals surface area contributed by atoms with Gasteiger partial charge in [0.15, 0.2) is 0 Å². The van der Waals surface area contributed by atoms with Crippen molar-refractivity contribution in [2.75, 3.05) is 6.61 Å². The van der Waals surface area contributed by atoms with E-state index in [9.17, 15) is 14.3 Å². The number of hydrogen-bond acceptors (Lipinski definition) is 3. The molecular formula is C11H13FO3. The van der Waals surface area contributed by atoms with Crippen LogP contribution in [-0.2, 0) is 16.0 Å². The van der Waals surface area contributed by atoms with Gasteiger partial charge < -0.3 is 9.84 Å². The van der Waals surface area contributed by atoms with E-state index < -0.39 is 5.82 Å². The quantitative estimate of drug-likeness (QED) is 0.777. The Bertz CT molecular complexity index is 350. The molecule has 0 aliphatic rings. The Hall–Kier alpha value is -1.58. The summed E-state index contributed by atoms with van der Waals surface area (Å²) in [5.74, 6) is -0.770. The first kappa shape index (κ1) is 11.5. The second-order valence-electron chi connectivity index (χ2n) is 3.08. The number of halogens is 1. The van der Waals surface area contributed by atoms with Crippen LogP contribution in [0.2, 0.25) is 0 Å². The third-order valence-electron chi connectivity index (χ3n) is 1.95. The number of carbonyl (C=O) groups excluding carboxylic acids is 1. The molecule has 1 rings (SSSR count). The van der Waals surface area contributed by atoms with E-state index >= 15 is 0 Å². The summed E-state index contributed by atoms with van der Waals surface area (Å²) in [5.41, 5.74) is 0.419. The van der Waals surface area contributed by atoms with Crippen LogP contribution in [0.1, 0.15) is 18.9 Å². The monoisotopic (exact) mass is 212 g/mol. The van der Waals surface area contributed by atoms with Gasteiger partial charge in [-0.2, -0.15) is 0 Å².